The molecule has 0 saturated heterocycles. The quantitative estimate of drug-likeness (QED) is 0.766. The van der Waals surface area contributed by atoms with Gasteiger partial charge in [-0.3, -0.25) is 4.90 Å². The van der Waals surface area contributed by atoms with Crippen molar-refractivity contribution < 1.29 is 4.79 Å². The first-order valence-corrected chi connectivity index (χ1v) is 6.28. The molecule has 0 saturated carbocycles. The number of unbranched alkanes of at least 4 members (excludes halogenated alkanes) is 1. The summed E-state index contributed by atoms with van der Waals surface area (Å²) < 4.78 is 0. The molecule has 0 spiro atoms. The molecule has 0 atom stereocenters. The molecule has 2 amide bonds. The van der Waals surface area contributed by atoms with Gasteiger partial charge in [-0.15, -0.1) is 0 Å². The standard InChI is InChI=1S/C14H22N2O/c1-4-6-12-15(3)14(17)16(5-2)13-10-8-7-9-11-13/h7-11H,4-6,12H2,1-3H3. The molecule has 0 aliphatic carbocycles. The maximum Gasteiger partial charge on any atom is 0.324 e. The van der Waals surface area contributed by atoms with Gasteiger partial charge in [0, 0.05) is 25.8 Å². The summed E-state index contributed by atoms with van der Waals surface area (Å²) in [5.41, 5.74) is 0.961. The second-order valence-electron chi connectivity index (χ2n) is 4.14. The number of carbonyl (C=O) groups is 1. The summed E-state index contributed by atoms with van der Waals surface area (Å²) in [7, 11) is 1.86. The van der Waals surface area contributed by atoms with E-state index < -0.39 is 0 Å². The molecule has 94 valence electrons. The number of hydrogen-bond acceptors (Lipinski definition) is 1. The smallest absolute Gasteiger partial charge is 0.324 e. The first kappa shape index (κ1) is 13.6. The monoisotopic (exact) mass is 234 g/mol. The molecule has 0 aliphatic rings. The number of nitrogens with zero attached hydrogens (tertiary/aromatic N) is 2. The van der Waals surface area contributed by atoms with Gasteiger partial charge >= 0.3 is 6.03 Å². The first-order chi connectivity index (χ1) is 8.20. The Morgan fingerprint density at radius 1 is 1.18 bits per heavy atom. The van der Waals surface area contributed by atoms with Gasteiger partial charge in [0.05, 0.1) is 0 Å². The van der Waals surface area contributed by atoms with Crippen molar-refractivity contribution in [2.24, 2.45) is 0 Å². The van der Waals surface area contributed by atoms with Gasteiger partial charge in [-0.2, -0.15) is 0 Å². The van der Waals surface area contributed by atoms with Crippen molar-refractivity contribution in [3.63, 3.8) is 0 Å². The average molecular weight is 234 g/mol. The van der Waals surface area contributed by atoms with Crippen LogP contribution in [0.4, 0.5) is 10.5 Å². The highest BCUT2D eigenvalue weighted by molar-refractivity contribution is 5.91. The van der Waals surface area contributed by atoms with Crippen molar-refractivity contribution in [1.82, 2.24) is 4.90 Å². The van der Waals surface area contributed by atoms with Gasteiger partial charge in [-0.25, -0.2) is 4.79 Å². The Kier molecular flexibility index (Phi) is 5.53. The zero-order valence-electron chi connectivity index (χ0n) is 11.0. The van der Waals surface area contributed by atoms with Crippen LogP contribution in [0.1, 0.15) is 26.7 Å². The molecule has 0 bridgehead atoms. The summed E-state index contributed by atoms with van der Waals surface area (Å²) in [6.45, 7) is 5.64. The summed E-state index contributed by atoms with van der Waals surface area (Å²) in [6, 6.07) is 9.88. The van der Waals surface area contributed by atoms with Gasteiger partial charge in [0.25, 0.3) is 0 Å². The van der Waals surface area contributed by atoms with E-state index in [0.29, 0.717) is 6.54 Å². The van der Waals surface area contributed by atoms with Gasteiger partial charge in [-0.05, 0) is 25.5 Å². The summed E-state index contributed by atoms with van der Waals surface area (Å²) in [5.74, 6) is 0. The molecular formula is C14H22N2O. The van der Waals surface area contributed by atoms with E-state index in [4.69, 9.17) is 0 Å². The molecule has 1 rings (SSSR count). The van der Waals surface area contributed by atoms with Gasteiger partial charge in [0.1, 0.15) is 0 Å². The van der Waals surface area contributed by atoms with E-state index in [-0.39, 0.29) is 6.03 Å². The fourth-order valence-corrected chi connectivity index (χ4v) is 1.73. The van der Waals surface area contributed by atoms with Crippen LogP contribution in [-0.2, 0) is 0 Å². The van der Waals surface area contributed by atoms with Gasteiger partial charge in [0.2, 0.25) is 0 Å². The minimum absolute atomic E-state index is 0.0761. The van der Waals surface area contributed by atoms with E-state index in [9.17, 15) is 4.79 Å². The molecule has 0 radical (unpaired) electrons. The van der Waals surface area contributed by atoms with Crippen LogP contribution in [0.2, 0.25) is 0 Å². The number of rotatable bonds is 5. The van der Waals surface area contributed by atoms with Crippen LogP contribution < -0.4 is 4.90 Å². The van der Waals surface area contributed by atoms with E-state index in [1.54, 1.807) is 9.80 Å². The lowest BCUT2D eigenvalue weighted by atomic mass is 10.3. The van der Waals surface area contributed by atoms with Crippen molar-refractivity contribution >= 4 is 11.7 Å². The summed E-state index contributed by atoms with van der Waals surface area (Å²) in [6.07, 6.45) is 2.16. The van der Waals surface area contributed by atoms with Crippen LogP contribution in [0.25, 0.3) is 0 Å². The Bertz CT molecular complexity index is 337. The topological polar surface area (TPSA) is 23.6 Å². The molecule has 3 nitrogen and oxygen atoms in total. The highest BCUT2D eigenvalue weighted by atomic mass is 16.2. The predicted molar refractivity (Wildman–Crippen MR) is 72.4 cm³/mol. The van der Waals surface area contributed by atoms with Crippen LogP contribution >= 0.6 is 0 Å². The van der Waals surface area contributed by atoms with E-state index >= 15 is 0 Å². The lowest BCUT2D eigenvalue weighted by Gasteiger charge is -2.27. The third-order valence-corrected chi connectivity index (χ3v) is 2.79. The number of urea groups is 1. The number of carbonyl (C=O) groups excluding carboxylic acids is 1. The van der Waals surface area contributed by atoms with Crippen LogP contribution in [0.5, 0.6) is 0 Å². The molecule has 0 aromatic heterocycles. The normalized spacial score (nSPS) is 10.1. The lowest BCUT2D eigenvalue weighted by molar-refractivity contribution is 0.215. The Labute approximate surface area is 104 Å². The van der Waals surface area contributed by atoms with Gasteiger partial charge in [0.15, 0.2) is 0 Å². The number of anilines is 1. The van der Waals surface area contributed by atoms with Crippen molar-refractivity contribution in [3.05, 3.63) is 30.3 Å². The van der Waals surface area contributed by atoms with Gasteiger partial charge < -0.3 is 4.90 Å². The minimum atomic E-state index is 0.0761. The highest BCUT2D eigenvalue weighted by Crippen LogP contribution is 2.14. The van der Waals surface area contributed by atoms with Crippen LogP contribution in [0.15, 0.2) is 30.3 Å². The maximum absolute atomic E-state index is 12.2. The molecular weight excluding hydrogens is 212 g/mol. The number of para-hydroxylation sites is 1. The molecule has 0 N–H and O–H groups in total. The molecule has 0 unspecified atom stereocenters. The molecule has 1 aromatic rings. The Morgan fingerprint density at radius 2 is 1.82 bits per heavy atom. The number of benzene rings is 1. The van der Waals surface area contributed by atoms with E-state index in [1.807, 2.05) is 44.3 Å². The minimum Gasteiger partial charge on any atom is -0.327 e. The van der Waals surface area contributed by atoms with E-state index in [2.05, 4.69) is 6.92 Å². The fraction of sp³-hybridized carbons (Fsp3) is 0.500. The molecule has 0 fully saturated rings. The summed E-state index contributed by atoms with van der Waals surface area (Å²) in [4.78, 5) is 15.8. The van der Waals surface area contributed by atoms with Gasteiger partial charge in [-0.1, -0.05) is 31.5 Å². The zero-order chi connectivity index (χ0) is 12.7. The second-order valence-corrected chi connectivity index (χ2v) is 4.14. The first-order valence-electron chi connectivity index (χ1n) is 6.28. The Balaban J connectivity index is 2.71. The largest absolute Gasteiger partial charge is 0.327 e. The lowest BCUT2D eigenvalue weighted by Crippen LogP contribution is -2.41. The predicted octanol–water partition coefficient (Wildman–Crippen LogP) is 3.36. The fourth-order valence-electron chi connectivity index (χ4n) is 1.73. The van der Waals surface area contributed by atoms with Crippen LogP contribution in [0, 0.1) is 0 Å². The maximum atomic E-state index is 12.2. The van der Waals surface area contributed by atoms with Crippen molar-refractivity contribution in [1.29, 1.82) is 0 Å². The third kappa shape index (κ3) is 3.77. The zero-order valence-corrected chi connectivity index (χ0v) is 11.0. The molecule has 0 heterocycles. The average Bonchev–Trinajstić information content (AvgIpc) is 2.38. The molecule has 1 aromatic carbocycles. The molecule has 17 heavy (non-hydrogen) atoms. The van der Waals surface area contributed by atoms with E-state index in [0.717, 1.165) is 25.1 Å². The third-order valence-electron chi connectivity index (χ3n) is 2.79. The molecule has 0 aliphatic heterocycles. The van der Waals surface area contributed by atoms with Crippen LogP contribution in [-0.4, -0.2) is 31.1 Å². The van der Waals surface area contributed by atoms with Crippen LogP contribution in [0.3, 0.4) is 0 Å². The summed E-state index contributed by atoms with van der Waals surface area (Å²) >= 11 is 0. The molecule has 3 heteroatoms. The van der Waals surface area contributed by atoms with Crippen molar-refractivity contribution in [3.8, 4) is 0 Å². The van der Waals surface area contributed by atoms with E-state index in [1.165, 1.54) is 0 Å². The Hall–Kier alpha value is -1.51. The number of amides is 2. The van der Waals surface area contributed by atoms with Crippen molar-refractivity contribution in [2.75, 3.05) is 25.0 Å². The highest BCUT2D eigenvalue weighted by Gasteiger charge is 2.17. The summed E-state index contributed by atoms with van der Waals surface area (Å²) in [5, 5.41) is 0. The number of hydrogen-bond donors (Lipinski definition) is 0. The SMILES string of the molecule is CCCCN(C)C(=O)N(CC)c1ccccc1. The van der Waals surface area contributed by atoms with Crippen molar-refractivity contribution in [2.45, 2.75) is 26.7 Å². The second kappa shape index (κ2) is 6.94. The Morgan fingerprint density at radius 3 is 2.35 bits per heavy atom.